The van der Waals surface area contributed by atoms with Crippen molar-refractivity contribution in [2.75, 3.05) is 20.8 Å². The van der Waals surface area contributed by atoms with Gasteiger partial charge in [-0.1, -0.05) is 0 Å². The van der Waals surface area contributed by atoms with E-state index in [1.54, 1.807) is 22.9 Å². The highest BCUT2D eigenvalue weighted by atomic mass is 16.7. The highest BCUT2D eigenvalue weighted by Crippen LogP contribution is 2.11. The molecule has 2 aromatic rings. The Hall–Kier alpha value is -2.25. The Morgan fingerprint density at radius 1 is 1.35 bits per heavy atom. The average molecular weight is 319 g/mol. The van der Waals surface area contributed by atoms with Crippen LogP contribution in [-0.4, -0.2) is 42.5 Å². The number of hydrogen-bond donors (Lipinski definition) is 1. The van der Waals surface area contributed by atoms with Crippen LogP contribution in [0.4, 0.5) is 0 Å². The number of pyridine rings is 2. The van der Waals surface area contributed by atoms with Gasteiger partial charge in [0.1, 0.15) is 11.2 Å². The molecular weight excluding hydrogens is 298 g/mol. The molecule has 0 saturated carbocycles. The first-order chi connectivity index (χ1) is 11.0. The minimum atomic E-state index is -0.558. The molecule has 0 bridgehead atoms. The van der Waals surface area contributed by atoms with Crippen molar-refractivity contribution in [3.05, 3.63) is 39.8 Å². The van der Waals surface area contributed by atoms with Gasteiger partial charge < -0.3 is 19.4 Å². The van der Waals surface area contributed by atoms with Crippen molar-refractivity contribution < 1.29 is 14.3 Å². The Balaban J connectivity index is 2.41. The Kier molecular flexibility index (Phi) is 5.46. The predicted molar refractivity (Wildman–Crippen MR) is 86.6 cm³/mol. The number of methoxy groups -OCH3 is 2. The van der Waals surface area contributed by atoms with Gasteiger partial charge in [0.2, 0.25) is 5.43 Å². The van der Waals surface area contributed by atoms with Crippen molar-refractivity contribution >= 4 is 16.9 Å². The van der Waals surface area contributed by atoms with Crippen LogP contribution in [0.15, 0.2) is 23.1 Å². The monoisotopic (exact) mass is 319 g/mol. The summed E-state index contributed by atoms with van der Waals surface area (Å²) in [7, 11) is 2.96. The first kappa shape index (κ1) is 17.1. The van der Waals surface area contributed by atoms with E-state index in [0.717, 1.165) is 5.69 Å². The molecule has 0 aliphatic carbocycles. The molecule has 2 aromatic heterocycles. The SMILES string of the molecule is CCn1cc(C(=O)NCC(OC)OC)c(=O)c2ccc(C)nc21. The van der Waals surface area contributed by atoms with Crippen LogP contribution in [0.2, 0.25) is 0 Å². The third-order valence-electron chi connectivity index (χ3n) is 3.60. The number of carbonyl (C=O) groups is 1. The molecule has 0 radical (unpaired) electrons. The maximum absolute atomic E-state index is 12.6. The van der Waals surface area contributed by atoms with E-state index in [-0.39, 0.29) is 17.5 Å². The molecule has 0 spiro atoms. The summed E-state index contributed by atoms with van der Waals surface area (Å²) >= 11 is 0. The van der Waals surface area contributed by atoms with Crippen molar-refractivity contribution in [3.63, 3.8) is 0 Å². The topological polar surface area (TPSA) is 82.5 Å². The zero-order valence-electron chi connectivity index (χ0n) is 13.8. The van der Waals surface area contributed by atoms with Gasteiger partial charge >= 0.3 is 0 Å². The lowest BCUT2D eigenvalue weighted by atomic mass is 10.1. The van der Waals surface area contributed by atoms with Crippen LogP contribution in [0.5, 0.6) is 0 Å². The summed E-state index contributed by atoms with van der Waals surface area (Å²) in [5.74, 6) is -0.459. The predicted octanol–water partition coefficient (Wildman–Crippen LogP) is 1.07. The third-order valence-corrected chi connectivity index (χ3v) is 3.60. The summed E-state index contributed by atoms with van der Waals surface area (Å²) in [6.45, 7) is 4.55. The van der Waals surface area contributed by atoms with Gasteiger partial charge in [-0.15, -0.1) is 0 Å². The van der Waals surface area contributed by atoms with Gasteiger partial charge in [0.15, 0.2) is 6.29 Å². The lowest BCUT2D eigenvalue weighted by Gasteiger charge is -2.15. The first-order valence-electron chi connectivity index (χ1n) is 7.36. The number of amides is 1. The minimum absolute atomic E-state index is 0.0796. The van der Waals surface area contributed by atoms with E-state index < -0.39 is 12.2 Å². The van der Waals surface area contributed by atoms with Crippen LogP contribution in [-0.2, 0) is 16.0 Å². The lowest BCUT2D eigenvalue weighted by molar-refractivity contribution is -0.0974. The summed E-state index contributed by atoms with van der Waals surface area (Å²) < 4.78 is 11.8. The summed E-state index contributed by atoms with van der Waals surface area (Å²) in [6, 6.07) is 3.47. The number of nitrogens with zero attached hydrogens (tertiary/aromatic N) is 2. The number of fused-ring (bicyclic) bond motifs is 1. The largest absolute Gasteiger partial charge is 0.354 e. The number of aryl methyl sites for hydroxylation is 2. The first-order valence-corrected chi connectivity index (χ1v) is 7.36. The maximum atomic E-state index is 12.6. The number of nitrogens with one attached hydrogen (secondary N) is 1. The van der Waals surface area contributed by atoms with Crippen molar-refractivity contribution in [2.45, 2.75) is 26.7 Å². The Morgan fingerprint density at radius 3 is 2.65 bits per heavy atom. The van der Waals surface area contributed by atoms with Crippen LogP contribution in [0.25, 0.3) is 11.0 Å². The molecule has 124 valence electrons. The van der Waals surface area contributed by atoms with Crippen molar-refractivity contribution in [2.24, 2.45) is 0 Å². The molecule has 7 heteroatoms. The Morgan fingerprint density at radius 2 is 2.04 bits per heavy atom. The van der Waals surface area contributed by atoms with E-state index >= 15 is 0 Å². The molecule has 2 heterocycles. The minimum Gasteiger partial charge on any atom is -0.354 e. The van der Waals surface area contributed by atoms with Gasteiger partial charge in [-0.05, 0) is 26.0 Å². The zero-order chi connectivity index (χ0) is 17.0. The molecule has 23 heavy (non-hydrogen) atoms. The average Bonchev–Trinajstić information content (AvgIpc) is 2.55. The van der Waals surface area contributed by atoms with Crippen LogP contribution in [0.1, 0.15) is 23.0 Å². The normalized spacial score (nSPS) is 11.2. The van der Waals surface area contributed by atoms with Crippen LogP contribution in [0.3, 0.4) is 0 Å². The summed E-state index contributed by atoms with van der Waals surface area (Å²) in [4.78, 5) is 29.3. The second-order valence-electron chi connectivity index (χ2n) is 5.09. The highest BCUT2D eigenvalue weighted by molar-refractivity contribution is 5.96. The molecule has 0 atom stereocenters. The van der Waals surface area contributed by atoms with E-state index in [0.29, 0.717) is 17.6 Å². The molecule has 0 unspecified atom stereocenters. The quantitative estimate of drug-likeness (QED) is 0.806. The molecule has 0 aliphatic heterocycles. The maximum Gasteiger partial charge on any atom is 0.256 e. The van der Waals surface area contributed by atoms with Crippen LogP contribution < -0.4 is 10.7 Å². The van der Waals surface area contributed by atoms with Gasteiger partial charge in [0.25, 0.3) is 5.91 Å². The number of rotatable bonds is 6. The third kappa shape index (κ3) is 3.57. The summed E-state index contributed by atoms with van der Waals surface area (Å²) in [5, 5.41) is 3.08. The molecule has 1 amide bonds. The Bertz CT molecular complexity index is 766. The van der Waals surface area contributed by atoms with Crippen molar-refractivity contribution in [3.8, 4) is 0 Å². The molecule has 0 fully saturated rings. The zero-order valence-corrected chi connectivity index (χ0v) is 13.8. The van der Waals surface area contributed by atoms with E-state index in [4.69, 9.17) is 9.47 Å². The second-order valence-corrected chi connectivity index (χ2v) is 5.09. The molecular formula is C16H21N3O4. The fraction of sp³-hybridized carbons (Fsp3) is 0.438. The smallest absolute Gasteiger partial charge is 0.256 e. The fourth-order valence-electron chi connectivity index (χ4n) is 2.30. The number of hydrogen-bond acceptors (Lipinski definition) is 5. The van der Waals surface area contributed by atoms with E-state index in [9.17, 15) is 9.59 Å². The van der Waals surface area contributed by atoms with E-state index in [2.05, 4.69) is 10.3 Å². The van der Waals surface area contributed by atoms with Crippen molar-refractivity contribution in [1.29, 1.82) is 0 Å². The van der Waals surface area contributed by atoms with E-state index in [1.165, 1.54) is 14.2 Å². The van der Waals surface area contributed by atoms with Crippen molar-refractivity contribution in [1.82, 2.24) is 14.9 Å². The number of aromatic nitrogens is 2. The van der Waals surface area contributed by atoms with Gasteiger partial charge in [0, 0.05) is 32.7 Å². The molecule has 7 nitrogen and oxygen atoms in total. The van der Waals surface area contributed by atoms with Gasteiger partial charge in [-0.3, -0.25) is 9.59 Å². The summed E-state index contributed by atoms with van der Waals surface area (Å²) in [5.41, 5.74) is 1.15. The fourth-order valence-corrected chi connectivity index (χ4v) is 2.30. The van der Waals surface area contributed by atoms with E-state index in [1.807, 2.05) is 13.8 Å². The molecule has 2 rings (SSSR count). The van der Waals surface area contributed by atoms with Gasteiger partial charge in [-0.25, -0.2) is 4.98 Å². The number of carbonyl (C=O) groups excluding carboxylic acids is 1. The standard InChI is InChI=1S/C16H21N3O4/c1-5-19-9-12(16(21)17-8-13(22-3)23-4)14(20)11-7-6-10(2)18-15(11)19/h6-7,9,13H,5,8H2,1-4H3,(H,17,21). The van der Waals surface area contributed by atoms with Gasteiger partial charge in [-0.2, -0.15) is 0 Å². The van der Waals surface area contributed by atoms with Crippen LogP contribution >= 0.6 is 0 Å². The molecule has 0 saturated heterocycles. The number of ether oxygens (including phenoxy) is 2. The lowest BCUT2D eigenvalue weighted by Crippen LogP contribution is -2.36. The second kappa shape index (κ2) is 7.34. The molecule has 0 aromatic carbocycles. The van der Waals surface area contributed by atoms with Gasteiger partial charge in [0.05, 0.1) is 11.9 Å². The van der Waals surface area contributed by atoms with Crippen LogP contribution in [0, 0.1) is 6.92 Å². The molecule has 0 aliphatic rings. The Labute approximate surface area is 134 Å². The molecule has 1 N–H and O–H groups in total. The highest BCUT2D eigenvalue weighted by Gasteiger charge is 2.17. The summed E-state index contributed by atoms with van der Waals surface area (Å²) in [6.07, 6.45) is 0.984.